The number of fused-ring (bicyclic) bond motifs is 2. The minimum Gasteiger partial charge on any atom is -0.385 e. The number of likely N-dealkylation sites (tertiary alicyclic amines) is 1. The van der Waals surface area contributed by atoms with Crippen LogP contribution in [-0.4, -0.2) is 34.0 Å². The lowest BCUT2D eigenvalue weighted by molar-refractivity contribution is -0.130. The monoisotopic (exact) mass is 526 g/mol. The van der Waals surface area contributed by atoms with Crippen molar-refractivity contribution in [2.75, 3.05) is 13.1 Å². The van der Waals surface area contributed by atoms with Crippen molar-refractivity contribution in [2.45, 2.75) is 30.3 Å². The van der Waals surface area contributed by atoms with E-state index in [1.54, 1.807) is 0 Å². The van der Waals surface area contributed by atoms with Crippen LogP contribution < -0.4 is 0 Å². The van der Waals surface area contributed by atoms with E-state index >= 15 is 0 Å². The van der Waals surface area contributed by atoms with Crippen LogP contribution in [0.5, 0.6) is 0 Å². The summed E-state index contributed by atoms with van der Waals surface area (Å²) in [5.41, 5.74) is 4.23. The molecule has 1 saturated carbocycles. The number of aromatic nitrogens is 1. The molecule has 4 heteroatoms. The van der Waals surface area contributed by atoms with Crippen molar-refractivity contribution in [1.29, 1.82) is 0 Å². The fourth-order valence-electron chi connectivity index (χ4n) is 7.74. The van der Waals surface area contributed by atoms with E-state index in [0.717, 1.165) is 28.5 Å². The van der Waals surface area contributed by atoms with Gasteiger partial charge in [0.15, 0.2) is 0 Å². The van der Waals surface area contributed by atoms with Crippen molar-refractivity contribution in [3.8, 4) is 0 Å². The number of nitrogens with zero attached hydrogens (tertiary/aromatic N) is 1. The Labute approximate surface area is 235 Å². The molecular weight excluding hydrogens is 492 g/mol. The second kappa shape index (κ2) is 9.79. The van der Waals surface area contributed by atoms with Gasteiger partial charge in [0.1, 0.15) is 0 Å². The van der Waals surface area contributed by atoms with E-state index < -0.39 is 5.60 Å². The Morgan fingerprint density at radius 1 is 0.725 bits per heavy atom. The van der Waals surface area contributed by atoms with Crippen molar-refractivity contribution < 1.29 is 9.90 Å². The predicted molar refractivity (Wildman–Crippen MR) is 159 cm³/mol. The highest BCUT2D eigenvalue weighted by molar-refractivity contribution is 5.89. The van der Waals surface area contributed by atoms with E-state index in [2.05, 4.69) is 71.7 Å². The molecule has 1 aliphatic heterocycles. The Morgan fingerprint density at radius 3 is 1.93 bits per heavy atom. The summed E-state index contributed by atoms with van der Waals surface area (Å²) in [6.07, 6.45) is 3.74. The zero-order valence-corrected chi connectivity index (χ0v) is 22.5. The molecule has 1 saturated heterocycles. The van der Waals surface area contributed by atoms with E-state index in [4.69, 9.17) is 0 Å². The van der Waals surface area contributed by atoms with Crippen LogP contribution in [0, 0.1) is 11.8 Å². The normalized spacial score (nSPS) is 23.7. The molecule has 3 unspecified atom stereocenters. The number of hydrogen-bond acceptors (Lipinski definition) is 2. The van der Waals surface area contributed by atoms with E-state index in [0.29, 0.717) is 25.9 Å². The molecule has 0 bridgehead atoms. The number of carbonyl (C=O) groups excluding carboxylic acids is 1. The fourth-order valence-corrected chi connectivity index (χ4v) is 7.74. The van der Waals surface area contributed by atoms with Gasteiger partial charge in [0, 0.05) is 41.5 Å². The van der Waals surface area contributed by atoms with Crippen LogP contribution in [0.25, 0.3) is 10.9 Å². The minimum absolute atomic E-state index is 0.0585. The Morgan fingerprint density at radius 2 is 1.27 bits per heavy atom. The Balaban J connectivity index is 1.32. The third-order valence-corrected chi connectivity index (χ3v) is 9.69. The zero-order chi connectivity index (χ0) is 27.2. The average molecular weight is 527 g/mol. The van der Waals surface area contributed by atoms with Crippen LogP contribution in [0.4, 0.5) is 0 Å². The third-order valence-electron chi connectivity index (χ3n) is 9.69. The first kappa shape index (κ1) is 24.9. The molecule has 1 aliphatic carbocycles. The van der Waals surface area contributed by atoms with Crippen LogP contribution >= 0.6 is 0 Å². The van der Waals surface area contributed by atoms with Gasteiger partial charge in [-0.1, -0.05) is 109 Å². The van der Waals surface area contributed by atoms with E-state index in [1.165, 1.54) is 11.1 Å². The van der Waals surface area contributed by atoms with Gasteiger partial charge in [0.25, 0.3) is 0 Å². The van der Waals surface area contributed by atoms with Crippen molar-refractivity contribution >= 4 is 16.8 Å². The smallest absolute Gasteiger partial charge is 0.227 e. The van der Waals surface area contributed by atoms with Gasteiger partial charge >= 0.3 is 0 Å². The highest BCUT2D eigenvalue weighted by atomic mass is 16.3. The largest absolute Gasteiger partial charge is 0.385 e. The molecule has 2 N–H and O–H groups in total. The molecule has 2 fully saturated rings. The summed E-state index contributed by atoms with van der Waals surface area (Å²) in [6, 6.07) is 39.7. The number of nitrogens with one attached hydrogen (secondary N) is 1. The first-order valence-corrected chi connectivity index (χ1v) is 14.3. The molecule has 2 aliphatic rings. The van der Waals surface area contributed by atoms with Crippen molar-refractivity contribution in [1.82, 2.24) is 9.88 Å². The number of aromatic amines is 1. The van der Waals surface area contributed by atoms with E-state index in [-0.39, 0.29) is 23.2 Å². The Hall–Kier alpha value is -4.15. The first-order chi connectivity index (χ1) is 19.6. The van der Waals surface area contributed by atoms with Crippen molar-refractivity contribution in [3.63, 3.8) is 0 Å². The van der Waals surface area contributed by atoms with Gasteiger partial charge in [-0.2, -0.15) is 0 Å². The van der Waals surface area contributed by atoms with Crippen LogP contribution in [-0.2, 0) is 22.2 Å². The van der Waals surface area contributed by atoms with Crippen LogP contribution in [0.15, 0.2) is 121 Å². The summed E-state index contributed by atoms with van der Waals surface area (Å²) in [4.78, 5) is 19.3. The molecular formula is C36H34N2O2. The first-order valence-electron chi connectivity index (χ1n) is 14.3. The summed E-state index contributed by atoms with van der Waals surface area (Å²) in [7, 11) is 0. The van der Waals surface area contributed by atoms with Crippen molar-refractivity contribution in [3.05, 3.63) is 144 Å². The van der Waals surface area contributed by atoms with Gasteiger partial charge in [-0.05, 0) is 47.1 Å². The Kier molecular flexibility index (Phi) is 6.09. The van der Waals surface area contributed by atoms with Gasteiger partial charge in [0.2, 0.25) is 5.91 Å². The molecule has 0 spiro atoms. The standard InChI is InChI=1S/C36H34N2O2/c39-34(22-26-23-37-33-19-11-10-18-30(26)33)38-24-31-32(25-38)36(40,29-16-8-3-9-17-29)21-20-35(31,27-12-4-1-5-13-27)28-14-6-2-7-15-28/h1-19,23,31-32,37,40H,20-22,24-25H2. The number of amides is 1. The lowest BCUT2D eigenvalue weighted by Crippen LogP contribution is -2.53. The quantitative estimate of drug-likeness (QED) is 0.276. The molecule has 5 aromatic rings. The Bertz CT molecular complexity index is 1590. The maximum atomic E-state index is 14.0. The molecule has 1 amide bonds. The number of H-pyrrole nitrogens is 1. The molecule has 0 radical (unpaired) electrons. The van der Waals surface area contributed by atoms with Crippen LogP contribution in [0.3, 0.4) is 0 Å². The summed E-state index contributed by atoms with van der Waals surface area (Å²) in [6.45, 7) is 1.16. The number of carbonyl (C=O) groups is 1. The van der Waals surface area contributed by atoms with E-state index in [1.807, 2.05) is 59.6 Å². The molecule has 40 heavy (non-hydrogen) atoms. The average Bonchev–Trinajstić information content (AvgIpc) is 3.65. The maximum Gasteiger partial charge on any atom is 0.227 e. The van der Waals surface area contributed by atoms with E-state index in [9.17, 15) is 9.90 Å². The second-order valence-corrected chi connectivity index (χ2v) is 11.5. The predicted octanol–water partition coefficient (Wildman–Crippen LogP) is 6.45. The molecule has 4 aromatic carbocycles. The number of para-hydroxylation sites is 1. The summed E-state index contributed by atoms with van der Waals surface area (Å²) in [5, 5.41) is 13.6. The van der Waals surface area contributed by atoms with Gasteiger partial charge in [-0.15, -0.1) is 0 Å². The summed E-state index contributed by atoms with van der Waals surface area (Å²) >= 11 is 0. The van der Waals surface area contributed by atoms with Crippen molar-refractivity contribution in [2.24, 2.45) is 11.8 Å². The molecule has 2 heterocycles. The van der Waals surface area contributed by atoms with Crippen LogP contribution in [0.1, 0.15) is 35.1 Å². The highest BCUT2D eigenvalue weighted by Gasteiger charge is 2.60. The number of rotatable bonds is 5. The van der Waals surface area contributed by atoms with Crippen LogP contribution in [0.2, 0.25) is 0 Å². The third kappa shape index (κ3) is 3.89. The fraction of sp³-hybridized carbons (Fsp3) is 0.250. The van der Waals surface area contributed by atoms with Gasteiger partial charge in [0.05, 0.1) is 12.0 Å². The molecule has 4 nitrogen and oxygen atoms in total. The number of benzene rings is 4. The molecule has 3 atom stereocenters. The van der Waals surface area contributed by atoms with Gasteiger partial charge < -0.3 is 15.0 Å². The molecule has 200 valence electrons. The maximum absolute atomic E-state index is 14.0. The lowest BCUT2D eigenvalue weighted by Gasteiger charge is -2.52. The summed E-state index contributed by atoms with van der Waals surface area (Å²) < 4.78 is 0. The SMILES string of the molecule is O=C(Cc1c[nH]c2ccccc12)N1CC2C(C1)C(c1ccccc1)(c1ccccc1)CCC2(O)c1ccccc1. The topological polar surface area (TPSA) is 56.3 Å². The summed E-state index contributed by atoms with van der Waals surface area (Å²) in [5.74, 6) is 0.0729. The highest BCUT2D eigenvalue weighted by Crippen LogP contribution is 2.59. The second-order valence-electron chi connectivity index (χ2n) is 11.5. The van der Waals surface area contributed by atoms with Gasteiger partial charge in [-0.25, -0.2) is 0 Å². The number of hydrogen-bond donors (Lipinski definition) is 2. The molecule has 7 rings (SSSR count). The molecule has 1 aromatic heterocycles. The minimum atomic E-state index is -1.01. The lowest BCUT2D eigenvalue weighted by atomic mass is 9.52. The van der Waals surface area contributed by atoms with Gasteiger partial charge in [-0.3, -0.25) is 4.79 Å². The number of aliphatic hydroxyl groups is 1. The zero-order valence-electron chi connectivity index (χ0n) is 22.5.